The van der Waals surface area contributed by atoms with Crippen LogP contribution in [0.3, 0.4) is 0 Å². The molecule has 0 aromatic heterocycles. The third-order valence-corrected chi connectivity index (χ3v) is 3.14. The van der Waals surface area contributed by atoms with Crippen molar-refractivity contribution in [3.05, 3.63) is 59.2 Å². The molecule has 0 heterocycles. The van der Waals surface area contributed by atoms with Gasteiger partial charge in [0.1, 0.15) is 17.4 Å². The van der Waals surface area contributed by atoms with E-state index in [4.69, 9.17) is 10.00 Å². The van der Waals surface area contributed by atoms with Crippen molar-refractivity contribution in [2.75, 3.05) is 12.4 Å². The van der Waals surface area contributed by atoms with E-state index in [1.807, 2.05) is 6.07 Å². The van der Waals surface area contributed by atoms with E-state index in [2.05, 4.69) is 5.32 Å². The summed E-state index contributed by atoms with van der Waals surface area (Å²) in [6.07, 6.45) is 0. The van der Waals surface area contributed by atoms with Gasteiger partial charge in [-0.25, -0.2) is 8.78 Å². The Morgan fingerprint density at radius 1 is 1.14 bits per heavy atom. The lowest BCUT2D eigenvalue weighted by atomic mass is 10.1. The highest BCUT2D eigenvalue weighted by Crippen LogP contribution is 2.26. The molecule has 0 aliphatic carbocycles. The second-order valence-electron chi connectivity index (χ2n) is 4.56. The maximum Gasteiger partial charge on any atom is 0.147 e. The summed E-state index contributed by atoms with van der Waals surface area (Å²) in [4.78, 5) is 0. The summed E-state index contributed by atoms with van der Waals surface area (Å²) in [5.74, 6) is -0.550. The molecule has 0 saturated heterocycles. The third-order valence-electron chi connectivity index (χ3n) is 3.14. The fraction of sp³-hybridized carbons (Fsp3) is 0.188. The van der Waals surface area contributed by atoms with E-state index in [1.54, 1.807) is 19.1 Å². The van der Waals surface area contributed by atoms with Crippen LogP contribution in [0.1, 0.15) is 24.1 Å². The largest absolute Gasteiger partial charge is 0.497 e. The highest BCUT2D eigenvalue weighted by molar-refractivity contribution is 5.50. The van der Waals surface area contributed by atoms with Gasteiger partial charge in [0, 0.05) is 11.6 Å². The number of hydrogen-bond donors (Lipinski definition) is 1. The second kappa shape index (κ2) is 6.23. The number of benzene rings is 2. The molecule has 0 saturated carbocycles. The second-order valence-corrected chi connectivity index (χ2v) is 4.56. The molecule has 0 radical (unpaired) electrons. The molecule has 2 aromatic rings. The molecular weight excluding hydrogens is 274 g/mol. The summed E-state index contributed by atoms with van der Waals surface area (Å²) < 4.78 is 32.7. The van der Waals surface area contributed by atoms with Crippen molar-refractivity contribution in [1.29, 1.82) is 5.26 Å². The number of ether oxygens (including phenoxy) is 1. The lowest BCUT2D eigenvalue weighted by Crippen LogP contribution is -2.10. The summed E-state index contributed by atoms with van der Waals surface area (Å²) in [5, 5.41) is 11.6. The van der Waals surface area contributed by atoms with Crippen LogP contribution in [0.15, 0.2) is 36.4 Å². The first-order chi connectivity index (χ1) is 10.0. The molecule has 0 fully saturated rings. The van der Waals surface area contributed by atoms with E-state index in [-0.39, 0.29) is 11.3 Å². The molecule has 2 aromatic carbocycles. The average Bonchev–Trinajstić information content (AvgIpc) is 2.48. The van der Waals surface area contributed by atoms with Crippen LogP contribution in [0.4, 0.5) is 14.5 Å². The van der Waals surface area contributed by atoms with Gasteiger partial charge >= 0.3 is 0 Å². The quantitative estimate of drug-likeness (QED) is 0.924. The van der Waals surface area contributed by atoms with Gasteiger partial charge in [-0.3, -0.25) is 0 Å². The molecule has 108 valence electrons. The van der Waals surface area contributed by atoms with Crippen molar-refractivity contribution < 1.29 is 13.5 Å². The van der Waals surface area contributed by atoms with E-state index in [1.165, 1.54) is 25.3 Å². The van der Waals surface area contributed by atoms with Gasteiger partial charge in [-0.05, 0) is 31.2 Å². The van der Waals surface area contributed by atoms with Gasteiger partial charge in [0.15, 0.2) is 0 Å². The fourth-order valence-corrected chi connectivity index (χ4v) is 2.00. The lowest BCUT2D eigenvalue weighted by Gasteiger charge is -2.17. The van der Waals surface area contributed by atoms with Crippen LogP contribution in [-0.4, -0.2) is 7.11 Å². The zero-order valence-electron chi connectivity index (χ0n) is 11.7. The highest BCUT2D eigenvalue weighted by Gasteiger charge is 2.13. The maximum atomic E-state index is 14.0. The minimum absolute atomic E-state index is 0.219. The van der Waals surface area contributed by atoms with Crippen molar-refractivity contribution in [2.24, 2.45) is 0 Å². The van der Waals surface area contributed by atoms with Crippen LogP contribution >= 0.6 is 0 Å². The van der Waals surface area contributed by atoms with Gasteiger partial charge in [0.05, 0.1) is 30.5 Å². The third kappa shape index (κ3) is 3.29. The molecule has 0 aliphatic heterocycles. The molecule has 0 aliphatic rings. The number of methoxy groups -OCH3 is 1. The number of nitrogens with one attached hydrogen (secondary N) is 1. The lowest BCUT2D eigenvalue weighted by molar-refractivity contribution is 0.410. The van der Waals surface area contributed by atoms with Crippen molar-refractivity contribution >= 4 is 5.69 Å². The predicted molar refractivity (Wildman–Crippen MR) is 76.1 cm³/mol. The van der Waals surface area contributed by atoms with Gasteiger partial charge in [0.25, 0.3) is 0 Å². The van der Waals surface area contributed by atoms with Crippen molar-refractivity contribution in [1.82, 2.24) is 0 Å². The number of rotatable bonds is 4. The number of anilines is 1. The van der Waals surface area contributed by atoms with Crippen LogP contribution in [0.2, 0.25) is 0 Å². The fourth-order valence-electron chi connectivity index (χ4n) is 2.00. The van der Waals surface area contributed by atoms with Crippen LogP contribution < -0.4 is 10.1 Å². The number of hydrogen-bond acceptors (Lipinski definition) is 3. The standard InChI is InChI=1S/C16H14F2N2O/c1-10(13-5-4-12(21-2)8-14(13)17)20-16-6-3-11(9-19)7-15(16)18/h3-8,10,20H,1-2H3. The molecule has 0 amide bonds. The van der Waals surface area contributed by atoms with E-state index in [0.29, 0.717) is 11.3 Å². The summed E-state index contributed by atoms with van der Waals surface area (Å²) >= 11 is 0. The minimum Gasteiger partial charge on any atom is -0.497 e. The van der Waals surface area contributed by atoms with Crippen molar-refractivity contribution in [3.8, 4) is 11.8 Å². The molecule has 2 rings (SSSR count). The van der Waals surface area contributed by atoms with E-state index >= 15 is 0 Å². The first-order valence-corrected chi connectivity index (χ1v) is 6.34. The Morgan fingerprint density at radius 2 is 1.90 bits per heavy atom. The molecule has 0 spiro atoms. The molecule has 3 nitrogen and oxygen atoms in total. The van der Waals surface area contributed by atoms with Crippen molar-refractivity contribution in [3.63, 3.8) is 0 Å². The van der Waals surface area contributed by atoms with E-state index in [0.717, 1.165) is 6.07 Å². The normalized spacial score (nSPS) is 11.6. The molecule has 1 unspecified atom stereocenters. The van der Waals surface area contributed by atoms with E-state index < -0.39 is 17.7 Å². The minimum atomic E-state index is -0.546. The maximum absolute atomic E-state index is 14.0. The Hall–Kier alpha value is -2.61. The molecule has 0 bridgehead atoms. The number of nitrogens with zero attached hydrogens (tertiary/aromatic N) is 1. The zero-order valence-corrected chi connectivity index (χ0v) is 11.7. The predicted octanol–water partition coefficient (Wildman–Crippen LogP) is 4.02. The Balaban J connectivity index is 2.22. The average molecular weight is 288 g/mol. The Labute approximate surface area is 121 Å². The van der Waals surface area contributed by atoms with E-state index in [9.17, 15) is 8.78 Å². The van der Waals surface area contributed by atoms with Gasteiger partial charge < -0.3 is 10.1 Å². The summed E-state index contributed by atoms with van der Waals surface area (Å²) in [6.45, 7) is 1.72. The highest BCUT2D eigenvalue weighted by atomic mass is 19.1. The SMILES string of the molecule is COc1ccc(C(C)Nc2ccc(C#N)cc2F)c(F)c1. The molecule has 1 atom stereocenters. The Morgan fingerprint density at radius 3 is 2.48 bits per heavy atom. The van der Waals surface area contributed by atoms with Crippen LogP contribution in [0.5, 0.6) is 5.75 Å². The van der Waals surface area contributed by atoms with Crippen LogP contribution in [0.25, 0.3) is 0 Å². The monoisotopic (exact) mass is 288 g/mol. The smallest absolute Gasteiger partial charge is 0.147 e. The van der Waals surface area contributed by atoms with Gasteiger partial charge in [-0.15, -0.1) is 0 Å². The van der Waals surface area contributed by atoms with Gasteiger partial charge in [-0.2, -0.15) is 5.26 Å². The van der Waals surface area contributed by atoms with Gasteiger partial charge in [0.2, 0.25) is 0 Å². The molecule has 1 N–H and O–H groups in total. The zero-order chi connectivity index (χ0) is 15.4. The number of nitriles is 1. The molecule has 5 heteroatoms. The Kier molecular flexibility index (Phi) is 4.39. The molecule has 21 heavy (non-hydrogen) atoms. The topological polar surface area (TPSA) is 45.0 Å². The van der Waals surface area contributed by atoms with Crippen LogP contribution in [0, 0.1) is 23.0 Å². The first-order valence-electron chi connectivity index (χ1n) is 6.34. The van der Waals surface area contributed by atoms with Crippen LogP contribution in [-0.2, 0) is 0 Å². The first kappa shape index (κ1) is 14.8. The van der Waals surface area contributed by atoms with Gasteiger partial charge in [-0.1, -0.05) is 6.07 Å². The summed E-state index contributed by atoms with van der Waals surface area (Å²) in [5.41, 5.74) is 0.859. The molecular formula is C16H14F2N2O. The summed E-state index contributed by atoms with van der Waals surface area (Å²) in [7, 11) is 1.46. The number of halogens is 2. The Bertz CT molecular complexity index is 695. The van der Waals surface area contributed by atoms with Crippen molar-refractivity contribution in [2.45, 2.75) is 13.0 Å². The summed E-state index contributed by atoms with van der Waals surface area (Å²) in [6, 6.07) is 10.0.